The summed E-state index contributed by atoms with van der Waals surface area (Å²) in [4.78, 5) is 11.1. The van der Waals surface area contributed by atoms with Crippen molar-refractivity contribution in [1.82, 2.24) is 5.32 Å². The molecule has 4 heteroatoms. The Morgan fingerprint density at radius 3 is 2.67 bits per heavy atom. The first-order valence-electron chi connectivity index (χ1n) is 6.29. The summed E-state index contributed by atoms with van der Waals surface area (Å²) in [5, 5.41) is 12.1. The average molecular weight is 253 g/mol. The van der Waals surface area contributed by atoms with Gasteiger partial charge in [-0.2, -0.15) is 0 Å². The molecule has 100 valence electrons. The van der Waals surface area contributed by atoms with Gasteiger partial charge >= 0.3 is 5.97 Å². The quantitative estimate of drug-likeness (QED) is 0.785. The summed E-state index contributed by atoms with van der Waals surface area (Å²) in [7, 11) is 0. The van der Waals surface area contributed by atoms with E-state index in [4.69, 9.17) is 5.11 Å². The van der Waals surface area contributed by atoms with Gasteiger partial charge in [-0.25, -0.2) is 4.39 Å². The van der Waals surface area contributed by atoms with Crippen LogP contribution < -0.4 is 5.32 Å². The van der Waals surface area contributed by atoms with E-state index < -0.39 is 12.0 Å². The predicted molar refractivity (Wildman–Crippen MR) is 68.9 cm³/mol. The molecule has 1 rings (SSSR count). The van der Waals surface area contributed by atoms with Gasteiger partial charge in [-0.1, -0.05) is 38.0 Å². The number of benzene rings is 1. The molecule has 0 amide bonds. The molecule has 0 aliphatic carbocycles. The van der Waals surface area contributed by atoms with Crippen LogP contribution in [-0.2, 0) is 4.79 Å². The number of carboxylic acids is 1. The van der Waals surface area contributed by atoms with Crippen molar-refractivity contribution >= 4 is 5.97 Å². The molecule has 2 N–H and O–H groups in total. The molecule has 0 spiro atoms. The first kappa shape index (κ1) is 14.6. The number of hydrogen-bond acceptors (Lipinski definition) is 2. The lowest BCUT2D eigenvalue weighted by Gasteiger charge is -2.20. The van der Waals surface area contributed by atoms with Crippen molar-refractivity contribution < 1.29 is 14.3 Å². The van der Waals surface area contributed by atoms with E-state index >= 15 is 0 Å². The summed E-state index contributed by atoms with van der Waals surface area (Å²) in [6.07, 6.45) is 2.35. The third kappa shape index (κ3) is 4.11. The molecule has 0 aliphatic rings. The smallest absolute Gasteiger partial charge is 0.320 e. The summed E-state index contributed by atoms with van der Waals surface area (Å²) >= 11 is 0. The molecular weight excluding hydrogens is 233 g/mol. The summed E-state index contributed by atoms with van der Waals surface area (Å²) in [6, 6.07) is 5.49. The fraction of sp³-hybridized carbons (Fsp3) is 0.500. The molecule has 0 fully saturated rings. The van der Waals surface area contributed by atoms with Gasteiger partial charge in [0.2, 0.25) is 0 Å². The second-order valence-electron chi connectivity index (χ2n) is 4.44. The second kappa shape index (κ2) is 7.11. The zero-order chi connectivity index (χ0) is 13.5. The zero-order valence-corrected chi connectivity index (χ0v) is 10.8. The zero-order valence-electron chi connectivity index (χ0n) is 10.8. The van der Waals surface area contributed by atoms with Gasteiger partial charge in [-0.05, 0) is 19.4 Å². The predicted octanol–water partition coefficient (Wildman–Crippen LogP) is 3.12. The third-order valence-electron chi connectivity index (χ3n) is 2.97. The number of halogens is 1. The van der Waals surface area contributed by atoms with Crippen LogP contribution in [0.5, 0.6) is 0 Å². The van der Waals surface area contributed by atoms with Crippen LogP contribution in [0.2, 0.25) is 0 Å². The number of nitrogens with one attached hydrogen (secondary N) is 1. The van der Waals surface area contributed by atoms with Crippen molar-refractivity contribution in [1.29, 1.82) is 0 Å². The van der Waals surface area contributed by atoms with Gasteiger partial charge in [0, 0.05) is 11.6 Å². The molecule has 0 aliphatic heterocycles. The number of hydrogen-bond donors (Lipinski definition) is 2. The normalized spacial score (nSPS) is 14.2. The molecule has 0 aromatic heterocycles. The average Bonchev–Trinajstić information content (AvgIpc) is 2.34. The van der Waals surface area contributed by atoms with Crippen molar-refractivity contribution in [3.05, 3.63) is 35.6 Å². The van der Waals surface area contributed by atoms with E-state index in [1.165, 1.54) is 6.07 Å². The summed E-state index contributed by atoms with van der Waals surface area (Å²) in [5.74, 6) is -1.19. The van der Waals surface area contributed by atoms with Gasteiger partial charge in [0.15, 0.2) is 0 Å². The van der Waals surface area contributed by atoms with Crippen LogP contribution in [0.1, 0.15) is 44.7 Å². The maximum absolute atomic E-state index is 13.6. The fourth-order valence-corrected chi connectivity index (χ4v) is 1.90. The lowest BCUT2D eigenvalue weighted by atomic mass is 10.0. The molecule has 18 heavy (non-hydrogen) atoms. The fourth-order valence-electron chi connectivity index (χ4n) is 1.90. The Hall–Kier alpha value is -1.42. The summed E-state index contributed by atoms with van der Waals surface area (Å²) < 4.78 is 13.6. The highest BCUT2D eigenvalue weighted by atomic mass is 19.1. The van der Waals surface area contributed by atoms with E-state index in [2.05, 4.69) is 5.32 Å². The minimum atomic E-state index is -0.883. The Kier molecular flexibility index (Phi) is 5.78. The lowest BCUT2D eigenvalue weighted by Crippen LogP contribution is -2.38. The molecule has 3 nitrogen and oxygen atoms in total. The number of rotatable bonds is 7. The second-order valence-corrected chi connectivity index (χ2v) is 4.44. The van der Waals surface area contributed by atoms with E-state index in [0.29, 0.717) is 12.0 Å². The molecular formula is C14H20FNO2. The first-order chi connectivity index (χ1) is 8.56. The molecule has 2 unspecified atom stereocenters. The Labute approximate surface area is 107 Å². The lowest BCUT2D eigenvalue weighted by molar-refractivity contribution is -0.139. The standard InChI is InChI=1S/C14H20FNO2/c1-3-4-9-13(14(17)18)16-10(2)11-7-5-6-8-12(11)15/h5-8,10,13,16H,3-4,9H2,1-2H3,(H,17,18). The SMILES string of the molecule is CCCCC(NC(C)c1ccccc1F)C(=O)O. The Balaban J connectivity index is 2.69. The monoisotopic (exact) mass is 253 g/mol. The molecule has 1 aromatic carbocycles. The van der Waals surface area contributed by atoms with Gasteiger partial charge in [-0.3, -0.25) is 10.1 Å². The van der Waals surface area contributed by atoms with Crippen LogP contribution >= 0.6 is 0 Å². The molecule has 0 bridgehead atoms. The van der Waals surface area contributed by atoms with Crippen molar-refractivity contribution in [3.8, 4) is 0 Å². The van der Waals surface area contributed by atoms with Crippen LogP contribution in [0.3, 0.4) is 0 Å². The molecule has 0 saturated heterocycles. The van der Waals surface area contributed by atoms with E-state index in [9.17, 15) is 9.18 Å². The minimum absolute atomic E-state index is 0.308. The maximum Gasteiger partial charge on any atom is 0.320 e. The van der Waals surface area contributed by atoms with Crippen molar-refractivity contribution in [3.63, 3.8) is 0 Å². The highest BCUT2D eigenvalue weighted by Crippen LogP contribution is 2.17. The van der Waals surface area contributed by atoms with Gasteiger partial charge < -0.3 is 5.11 Å². The third-order valence-corrected chi connectivity index (χ3v) is 2.97. The van der Waals surface area contributed by atoms with Crippen molar-refractivity contribution in [2.45, 2.75) is 45.2 Å². The largest absolute Gasteiger partial charge is 0.480 e. The summed E-state index contributed by atoms with van der Waals surface area (Å²) in [6.45, 7) is 3.79. The maximum atomic E-state index is 13.6. The highest BCUT2D eigenvalue weighted by Gasteiger charge is 2.20. The van der Waals surface area contributed by atoms with Gasteiger partial charge in [0.25, 0.3) is 0 Å². The van der Waals surface area contributed by atoms with Gasteiger partial charge in [0.1, 0.15) is 11.9 Å². The number of carbonyl (C=O) groups is 1. The molecule has 1 aromatic rings. The van der Waals surface area contributed by atoms with Crippen LogP contribution in [-0.4, -0.2) is 17.1 Å². The molecule has 0 saturated carbocycles. The summed E-state index contributed by atoms with van der Waals surface area (Å²) in [5.41, 5.74) is 0.500. The van der Waals surface area contributed by atoms with E-state index in [0.717, 1.165) is 12.8 Å². The van der Waals surface area contributed by atoms with Crippen LogP contribution in [0.15, 0.2) is 24.3 Å². The van der Waals surface area contributed by atoms with Crippen molar-refractivity contribution in [2.75, 3.05) is 0 Å². The van der Waals surface area contributed by atoms with Crippen molar-refractivity contribution in [2.24, 2.45) is 0 Å². The van der Waals surface area contributed by atoms with Crippen LogP contribution in [0.25, 0.3) is 0 Å². The highest BCUT2D eigenvalue weighted by molar-refractivity contribution is 5.73. The van der Waals surface area contributed by atoms with Gasteiger partial charge in [0.05, 0.1) is 0 Å². The topological polar surface area (TPSA) is 49.3 Å². The molecule has 0 heterocycles. The van der Waals surface area contributed by atoms with Crippen LogP contribution in [0.4, 0.5) is 4.39 Å². The minimum Gasteiger partial charge on any atom is -0.480 e. The Bertz CT molecular complexity index is 395. The number of carboxylic acid groups (broad SMARTS) is 1. The Morgan fingerprint density at radius 2 is 2.11 bits per heavy atom. The van der Waals surface area contributed by atoms with E-state index in [-0.39, 0.29) is 11.9 Å². The van der Waals surface area contributed by atoms with Gasteiger partial charge in [-0.15, -0.1) is 0 Å². The first-order valence-corrected chi connectivity index (χ1v) is 6.29. The molecule has 0 radical (unpaired) electrons. The Morgan fingerprint density at radius 1 is 1.44 bits per heavy atom. The number of unbranched alkanes of at least 4 members (excludes halogenated alkanes) is 1. The van der Waals surface area contributed by atoms with Crippen LogP contribution in [0, 0.1) is 5.82 Å². The molecule has 2 atom stereocenters. The van der Waals surface area contributed by atoms with E-state index in [1.807, 2.05) is 6.92 Å². The van der Waals surface area contributed by atoms with E-state index in [1.54, 1.807) is 25.1 Å². The number of aliphatic carboxylic acids is 1.